The number of rotatable bonds is 4. The first-order valence-corrected chi connectivity index (χ1v) is 6.56. The fraction of sp³-hybridized carbons (Fsp3) is 0.571. The molecule has 1 fully saturated rings. The molecule has 0 saturated carbocycles. The van der Waals surface area contributed by atoms with Crippen molar-refractivity contribution >= 4 is 0 Å². The number of nitrogens with one attached hydrogen (secondary N) is 2. The predicted octanol–water partition coefficient (Wildman–Crippen LogP) is 1.12. The van der Waals surface area contributed by atoms with Crippen LogP contribution in [0.1, 0.15) is 24.1 Å². The monoisotopic (exact) mass is 265 g/mol. The molecule has 1 aliphatic rings. The molecule has 1 aliphatic heterocycles. The minimum absolute atomic E-state index is 0.152. The molecule has 0 aromatic heterocycles. The van der Waals surface area contributed by atoms with Gasteiger partial charge in [-0.1, -0.05) is 0 Å². The molecule has 1 heterocycles. The molecule has 0 spiro atoms. The van der Waals surface area contributed by atoms with Gasteiger partial charge in [-0.25, -0.2) is 5.43 Å². The fourth-order valence-electron chi connectivity index (χ4n) is 2.80. The minimum Gasteiger partial charge on any atom is -0.496 e. The average molecular weight is 265 g/mol. The van der Waals surface area contributed by atoms with Gasteiger partial charge in [0.25, 0.3) is 0 Å². The van der Waals surface area contributed by atoms with Gasteiger partial charge in [-0.3, -0.25) is 5.43 Å². The van der Waals surface area contributed by atoms with Gasteiger partial charge < -0.3 is 15.2 Å². The number of ether oxygens (including phenoxy) is 2. The van der Waals surface area contributed by atoms with Gasteiger partial charge in [-0.2, -0.15) is 0 Å². The number of nitrogens with two attached hydrogens (primary N) is 1. The van der Waals surface area contributed by atoms with E-state index < -0.39 is 0 Å². The van der Waals surface area contributed by atoms with Gasteiger partial charge in [0.2, 0.25) is 0 Å². The van der Waals surface area contributed by atoms with E-state index in [2.05, 4.69) is 17.8 Å². The summed E-state index contributed by atoms with van der Waals surface area (Å²) in [6.07, 6.45) is 0. The van der Waals surface area contributed by atoms with Crippen LogP contribution in [0.2, 0.25) is 0 Å². The first-order valence-electron chi connectivity index (χ1n) is 6.56. The van der Waals surface area contributed by atoms with Gasteiger partial charge in [0, 0.05) is 23.1 Å². The zero-order valence-corrected chi connectivity index (χ0v) is 12.0. The number of hydrogen-bond donors (Lipinski definition) is 3. The summed E-state index contributed by atoms with van der Waals surface area (Å²) in [6, 6.07) is 4.51. The molecular formula is C14H23N3O2. The normalized spacial score (nSPS) is 26.5. The molecule has 1 aromatic carbocycles. The van der Waals surface area contributed by atoms with Crippen molar-refractivity contribution in [3.63, 3.8) is 0 Å². The van der Waals surface area contributed by atoms with E-state index in [1.54, 1.807) is 14.2 Å². The Morgan fingerprint density at radius 2 is 1.95 bits per heavy atom. The Morgan fingerprint density at radius 1 is 1.21 bits per heavy atom. The molecule has 1 saturated heterocycles. The molecule has 3 unspecified atom stereocenters. The van der Waals surface area contributed by atoms with Gasteiger partial charge in [-0.15, -0.1) is 0 Å². The van der Waals surface area contributed by atoms with Crippen molar-refractivity contribution in [2.24, 2.45) is 11.7 Å². The molecule has 5 heteroatoms. The third-order valence-electron chi connectivity index (χ3n) is 3.95. The highest BCUT2D eigenvalue weighted by Gasteiger charge is 2.35. The van der Waals surface area contributed by atoms with Crippen LogP contribution in [0.5, 0.6) is 11.5 Å². The van der Waals surface area contributed by atoms with E-state index in [0.29, 0.717) is 18.5 Å². The number of hydrazine groups is 1. The maximum Gasteiger partial charge on any atom is 0.130 e. The second-order valence-corrected chi connectivity index (χ2v) is 4.97. The summed E-state index contributed by atoms with van der Waals surface area (Å²) < 4.78 is 10.9. The van der Waals surface area contributed by atoms with Crippen molar-refractivity contribution in [3.05, 3.63) is 23.3 Å². The third kappa shape index (κ3) is 2.41. The number of hydrogen-bond acceptors (Lipinski definition) is 5. The lowest BCUT2D eigenvalue weighted by Gasteiger charge is -2.23. The summed E-state index contributed by atoms with van der Waals surface area (Å²) in [5.74, 6) is 2.04. The molecule has 0 amide bonds. The van der Waals surface area contributed by atoms with Crippen LogP contribution in [0.3, 0.4) is 0 Å². The van der Waals surface area contributed by atoms with Crippen LogP contribution >= 0.6 is 0 Å². The smallest absolute Gasteiger partial charge is 0.130 e. The van der Waals surface area contributed by atoms with E-state index in [-0.39, 0.29) is 6.04 Å². The molecule has 19 heavy (non-hydrogen) atoms. The van der Waals surface area contributed by atoms with Crippen molar-refractivity contribution in [2.75, 3.05) is 20.8 Å². The molecule has 1 aromatic rings. The SMILES string of the molecule is COc1ccc(C2NNC(C)C2CN)c(OC)c1C. The molecule has 0 radical (unpaired) electrons. The highest BCUT2D eigenvalue weighted by molar-refractivity contribution is 5.51. The van der Waals surface area contributed by atoms with Gasteiger partial charge >= 0.3 is 0 Å². The molecule has 5 nitrogen and oxygen atoms in total. The minimum atomic E-state index is 0.152. The van der Waals surface area contributed by atoms with E-state index >= 15 is 0 Å². The summed E-state index contributed by atoms with van der Waals surface area (Å²) in [7, 11) is 3.36. The largest absolute Gasteiger partial charge is 0.496 e. The lowest BCUT2D eigenvalue weighted by atomic mass is 9.89. The molecule has 0 aliphatic carbocycles. The standard InChI is InChI=1S/C14H23N3O2/c1-8-12(18-3)6-5-10(14(8)19-4)13-11(7-15)9(2)16-17-13/h5-6,9,11,13,16-17H,7,15H2,1-4H3. The van der Waals surface area contributed by atoms with Crippen LogP contribution < -0.4 is 26.1 Å². The van der Waals surface area contributed by atoms with E-state index in [4.69, 9.17) is 15.2 Å². The molecule has 4 N–H and O–H groups in total. The maximum atomic E-state index is 5.89. The van der Waals surface area contributed by atoms with Gasteiger partial charge in [0.05, 0.1) is 20.3 Å². The Bertz CT molecular complexity index is 451. The predicted molar refractivity (Wildman–Crippen MR) is 75.3 cm³/mol. The second-order valence-electron chi connectivity index (χ2n) is 4.97. The average Bonchev–Trinajstić information content (AvgIpc) is 2.79. The topological polar surface area (TPSA) is 68.5 Å². The Kier molecular flexibility index (Phi) is 4.29. The van der Waals surface area contributed by atoms with Crippen LogP contribution in [-0.2, 0) is 0 Å². The van der Waals surface area contributed by atoms with E-state index in [9.17, 15) is 0 Å². The molecule has 0 bridgehead atoms. The van der Waals surface area contributed by atoms with Crippen molar-refractivity contribution < 1.29 is 9.47 Å². The summed E-state index contributed by atoms with van der Waals surface area (Å²) in [5, 5.41) is 0. The van der Waals surface area contributed by atoms with E-state index in [0.717, 1.165) is 22.6 Å². The van der Waals surface area contributed by atoms with Crippen molar-refractivity contribution in [3.8, 4) is 11.5 Å². The third-order valence-corrected chi connectivity index (χ3v) is 3.95. The van der Waals surface area contributed by atoms with Crippen molar-refractivity contribution in [1.82, 2.24) is 10.9 Å². The Hall–Kier alpha value is -1.30. The zero-order valence-electron chi connectivity index (χ0n) is 12.0. The highest BCUT2D eigenvalue weighted by atomic mass is 16.5. The Balaban J connectivity index is 2.42. The highest BCUT2D eigenvalue weighted by Crippen LogP contribution is 2.39. The maximum absolute atomic E-state index is 5.89. The summed E-state index contributed by atoms with van der Waals surface area (Å²) >= 11 is 0. The van der Waals surface area contributed by atoms with Crippen LogP contribution in [0.15, 0.2) is 12.1 Å². The lowest BCUT2D eigenvalue weighted by molar-refractivity contribution is 0.371. The summed E-state index contributed by atoms with van der Waals surface area (Å²) in [5.41, 5.74) is 14.6. The van der Waals surface area contributed by atoms with Crippen molar-refractivity contribution in [1.29, 1.82) is 0 Å². The molecule has 2 rings (SSSR count). The Morgan fingerprint density at radius 3 is 2.53 bits per heavy atom. The molecule has 3 atom stereocenters. The lowest BCUT2D eigenvalue weighted by Crippen LogP contribution is -2.30. The van der Waals surface area contributed by atoms with Crippen LogP contribution in [0.25, 0.3) is 0 Å². The number of methoxy groups -OCH3 is 2. The zero-order chi connectivity index (χ0) is 14.0. The summed E-state index contributed by atoms with van der Waals surface area (Å²) in [6.45, 7) is 4.76. The van der Waals surface area contributed by atoms with Gasteiger partial charge in [-0.05, 0) is 32.5 Å². The summed E-state index contributed by atoms with van der Waals surface area (Å²) in [4.78, 5) is 0. The van der Waals surface area contributed by atoms with Crippen molar-refractivity contribution in [2.45, 2.75) is 25.9 Å². The van der Waals surface area contributed by atoms with E-state index in [1.807, 2.05) is 19.1 Å². The molecule has 106 valence electrons. The first-order chi connectivity index (χ1) is 9.13. The van der Waals surface area contributed by atoms with E-state index in [1.165, 1.54) is 0 Å². The molecular weight excluding hydrogens is 242 g/mol. The van der Waals surface area contributed by atoms with Gasteiger partial charge in [0.15, 0.2) is 0 Å². The second kappa shape index (κ2) is 5.77. The van der Waals surface area contributed by atoms with Crippen LogP contribution in [0.4, 0.5) is 0 Å². The van der Waals surface area contributed by atoms with Gasteiger partial charge in [0.1, 0.15) is 11.5 Å². The van der Waals surface area contributed by atoms with Crippen LogP contribution in [0, 0.1) is 12.8 Å². The van der Waals surface area contributed by atoms with Crippen LogP contribution in [-0.4, -0.2) is 26.8 Å². The fourth-order valence-corrected chi connectivity index (χ4v) is 2.80. The Labute approximate surface area is 114 Å². The number of benzene rings is 1. The first kappa shape index (κ1) is 14.1. The quantitative estimate of drug-likeness (QED) is 0.761.